The molecule has 1 unspecified atom stereocenters. The summed E-state index contributed by atoms with van der Waals surface area (Å²) in [6.07, 6.45) is 65.0. The van der Waals surface area contributed by atoms with Crippen molar-refractivity contribution in [2.75, 3.05) is 13.2 Å². The van der Waals surface area contributed by atoms with E-state index in [-0.39, 0.29) is 31.1 Å². The van der Waals surface area contributed by atoms with Crippen molar-refractivity contribution in [1.29, 1.82) is 0 Å². The van der Waals surface area contributed by atoms with Gasteiger partial charge in [0, 0.05) is 19.3 Å². The maximum Gasteiger partial charge on any atom is 0.306 e. The standard InChI is InChI=1S/C55H88O6/c1-4-7-10-13-16-19-21-23-25-26-27-28-30-31-33-36-39-42-45-48-54(57)60-51-52(50-59-53(56)47-44-41-38-35-18-15-12-9-6-3)61-55(58)49-46-43-40-37-34-32-29-24-22-20-17-14-11-8-5-2/h7,10,13,16,19-23,25-28,30-31,33,35,38,52H,4-6,8-9,11-12,14-15,17-18,24,29,32,34,36-37,39-51H2,1-3H3/b10-7-,16-13-,21-19-,22-20-,25-23-,27-26+,30-28-,33-31-,38-35-. The molecule has 61 heavy (non-hydrogen) atoms. The Hall–Kier alpha value is -3.93. The minimum atomic E-state index is -0.810. The topological polar surface area (TPSA) is 78.9 Å². The van der Waals surface area contributed by atoms with Gasteiger partial charge in [-0.3, -0.25) is 14.4 Å². The Morgan fingerprint density at radius 1 is 0.344 bits per heavy atom. The van der Waals surface area contributed by atoms with Crippen LogP contribution in [0.4, 0.5) is 0 Å². The summed E-state index contributed by atoms with van der Waals surface area (Å²) in [6.45, 7) is 6.35. The summed E-state index contributed by atoms with van der Waals surface area (Å²) in [7, 11) is 0. The molecule has 0 spiro atoms. The minimum Gasteiger partial charge on any atom is -0.462 e. The molecular formula is C55H88O6. The zero-order chi connectivity index (χ0) is 44.4. The second-order valence-electron chi connectivity index (χ2n) is 15.8. The lowest BCUT2D eigenvalue weighted by Gasteiger charge is -2.18. The van der Waals surface area contributed by atoms with Crippen LogP contribution in [0.1, 0.15) is 201 Å². The summed E-state index contributed by atoms with van der Waals surface area (Å²) in [5, 5.41) is 0. The number of carbonyl (C=O) groups is 3. The lowest BCUT2D eigenvalue weighted by atomic mass is 10.1. The molecule has 0 aromatic rings. The molecule has 1 atom stereocenters. The van der Waals surface area contributed by atoms with Crippen LogP contribution in [0.2, 0.25) is 0 Å². The van der Waals surface area contributed by atoms with Gasteiger partial charge in [-0.15, -0.1) is 0 Å². The normalized spacial score (nSPS) is 13.0. The number of allylic oxidation sites excluding steroid dienone is 18. The number of ether oxygens (including phenoxy) is 3. The molecule has 0 amide bonds. The molecule has 0 fully saturated rings. The van der Waals surface area contributed by atoms with E-state index in [9.17, 15) is 14.4 Å². The summed E-state index contributed by atoms with van der Waals surface area (Å²) >= 11 is 0. The Balaban J connectivity index is 4.49. The van der Waals surface area contributed by atoms with Gasteiger partial charge in [0.1, 0.15) is 13.2 Å². The van der Waals surface area contributed by atoms with Crippen molar-refractivity contribution in [2.45, 2.75) is 207 Å². The number of hydrogen-bond donors (Lipinski definition) is 0. The number of esters is 3. The Morgan fingerprint density at radius 2 is 0.672 bits per heavy atom. The van der Waals surface area contributed by atoms with Crippen LogP contribution in [0, 0.1) is 0 Å². The van der Waals surface area contributed by atoms with Gasteiger partial charge in [0.2, 0.25) is 0 Å². The summed E-state index contributed by atoms with van der Waals surface area (Å²) in [6, 6.07) is 0. The number of unbranched alkanes of at least 4 members (excludes halogenated alkanes) is 19. The van der Waals surface area contributed by atoms with E-state index < -0.39 is 6.10 Å². The highest BCUT2D eigenvalue weighted by atomic mass is 16.6. The molecule has 0 aliphatic heterocycles. The fourth-order valence-electron chi connectivity index (χ4n) is 6.25. The molecule has 0 radical (unpaired) electrons. The van der Waals surface area contributed by atoms with E-state index in [2.05, 4.69) is 57.2 Å². The molecule has 0 heterocycles. The van der Waals surface area contributed by atoms with Gasteiger partial charge in [-0.25, -0.2) is 0 Å². The fraction of sp³-hybridized carbons (Fsp3) is 0.618. The molecule has 0 aliphatic carbocycles. The largest absolute Gasteiger partial charge is 0.462 e. The number of hydrogen-bond acceptors (Lipinski definition) is 6. The first-order valence-corrected chi connectivity index (χ1v) is 24.5. The van der Waals surface area contributed by atoms with Gasteiger partial charge in [-0.05, 0) is 83.5 Å². The van der Waals surface area contributed by atoms with Crippen molar-refractivity contribution in [3.8, 4) is 0 Å². The molecule has 0 aliphatic rings. The zero-order valence-electron chi connectivity index (χ0n) is 39.1. The molecule has 6 heteroatoms. The van der Waals surface area contributed by atoms with Crippen molar-refractivity contribution in [2.24, 2.45) is 0 Å². The van der Waals surface area contributed by atoms with Gasteiger partial charge in [-0.1, -0.05) is 207 Å². The molecule has 344 valence electrons. The molecule has 0 saturated heterocycles. The monoisotopic (exact) mass is 845 g/mol. The van der Waals surface area contributed by atoms with Gasteiger partial charge in [0.25, 0.3) is 0 Å². The molecule has 0 saturated carbocycles. The van der Waals surface area contributed by atoms with E-state index in [0.29, 0.717) is 25.7 Å². The van der Waals surface area contributed by atoms with E-state index in [1.165, 1.54) is 89.9 Å². The third-order valence-corrected chi connectivity index (χ3v) is 9.93. The van der Waals surface area contributed by atoms with E-state index in [1.54, 1.807) is 0 Å². The summed E-state index contributed by atoms with van der Waals surface area (Å²) in [5.41, 5.74) is 0. The van der Waals surface area contributed by atoms with Crippen LogP contribution in [0.5, 0.6) is 0 Å². The van der Waals surface area contributed by atoms with E-state index in [1.807, 2.05) is 72.9 Å². The summed E-state index contributed by atoms with van der Waals surface area (Å²) in [5.74, 6) is -1.00. The van der Waals surface area contributed by atoms with Crippen LogP contribution in [-0.4, -0.2) is 37.2 Å². The predicted molar refractivity (Wildman–Crippen MR) is 260 cm³/mol. The van der Waals surface area contributed by atoms with E-state index >= 15 is 0 Å². The third kappa shape index (κ3) is 47.0. The first-order chi connectivity index (χ1) is 30.0. The summed E-state index contributed by atoms with van der Waals surface area (Å²) in [4.78, 5) is 37.8. The van der Waals surface area contributed by atoms with Crippen LogP contribution in [-0.2, 0) is 28.6 Å². The first kappa shape index (κ1) is 57.1. The molecule has 0 aromatic heterocycles. The molecule has 0 aromatic carbocycles. The first-order valence-electron chi connectivity index (χ1n) is 24.5. The molecule has 6 nitrogen and oxygen atoms in total. The highest BCUT2D eigenvalue weighted by Gasteiger charge is 2.19. The SMILES string of the molecule is CC\C=C/C=C\C=C/C=C\C=C\C=C/C=C\CCCCCC(=O)OCC(COC(=O)CCC/C=C\CCCCCC)OC(=O)CCCCCCCCC/C=C\CCCCCC. The van der Waals surface area contributed by atoms with Crippen LogP contribution in [0.3, 0.4) is 0 Å². The minimum absolute atomic E-state index is 0.112. The maximum atomic E-state index is 12.8. The predicted octanol–water partition coefficient (Wildman–Crippen LogP) is 16.0. The molecule has 0 N–H and O–H groups in total. The number of carbonyl (C=O) groups excluding carboxylic acids is 3. The van der Waals surface area contributed by atoms with Gasteiger partial charge < -0.3 is 14.2 Å². The lowest BCUT2D eigenvalue weighted by Crippen LogP contribution is -2.30. The second kappa shape index (κ2) is 48.7. The van der Waals surface area contributed by atoms with Crippen molar-refractivity contribution in [3.05, 3.63) is 109 Å². The van der Waals surface area contributed by atoms with E-state index in [0.717, 1.165) is 64.2 Å². The molecule has 0 rings (SSSR count). The van der Waals surface area contributed by atoms with Crippen LogP contribution in [0.25, 0.3) is 0 Å². The lowest BCUT2D eigenvalue weighted by molar-refractivity contribution is -0.167. The van der Waals surface area contributed by atoms with Crippen molar-refractivity contribution in [1.82, 2.24) is 0 Å². The highest BCUT2D eigenvalue weighted by molar-refractivity contribution is 5.71. The smallest absolute Gasteiger partial charge is 0.306 e. The van der Waals surface area contributed by atoms with Crippen molar-refractivity contribution in [3.63, 3.8) is 0 Å². The van der Waals surface area contributed by atoms with Crippen molar-refractivity contribution < 1.29 is 28.6 Å². The fourth-order valence-corrected chi connectivity index (χ4v) is 6.25. The molecular weight excluding hydrogens is 757 g/mol. The third-order valence-electron chi connectivity index (χ3n) is 9.93. The van der Waals surface area contributed by atoms with Gasteiger partial charge in [0.15, 0.2) is 6.10 Å². The zero-order valence-corrected chi connectivity index (χ0v) is 39.1. The van der Waals surface area contributed by atoms with Crippen LogP contribution in [0.15, 0.2) is 109 Å². The Bertz CT molecular complexity index is 1290. The Morgan fingerprint density at radius 3 is 1.13 bits per heavy atom. The quantitative estimate of drug-likeness (QED) is 0.0200. The maximum absolute atomic E-state index is 12.8. The highest BCUT2D eigenvalue weighted by Crippen LogP contribution is 2.13. The molecule has 0 bridgehead atoms. The number of rotatable bonds is 42. The van der Waals surface area contributed by atoms with Crippen LogP contribution >= 0.6 is 0 Å². The Labute approximate surface area is 374 Å². The van der Waals surface area contributed by atoms with Gasteiger partial charge in [-0.2, -0.15) is 0 Å². The average molecular weight is 845 g/mol. The van der Waals surface area contributed by atoms with Crippen LogP contribution < -0.4 is 0 Å². The Kier molecular flexibility index (Phi) is 45.6. The van der Waals surface area contributed by atoms with Crippen molar-refractivity contribution >= 4 is 17.9 Å². The second-order valence-corrected chi connectivity index (χ2v) is 15.8. The van der Waals surface area contributed by atoms with Gasteiger partial charge in [0.05, 0.1) is 0 Å². The van der Waals surface area contributed by atoms with E-state index in [4.69, 9.17) is 14.2 Å². The summed E-state index contributed by atoms with van der Waals surface area (Å²) < 4.78 is 16.7. The average Bonchev–Trinajstić information content (AvgIpc) is 3.26. The van der Waals surface area contributed by atoms with Gasteiger partial charge >= 0.3 is 17.9 Å².